The molecule has 0 amide bonds. The Labute approximate surface area is 116 Å². The van der Waals surface area contributed by atoms with Gasteiger partial charge in [0.05, 0.1) is 0 Å². The zero-order chi connectivity index (χ0) is 12.1. The number of rotatable bonds is 5. The van der Waals surface area contributed by atoms with E-state index in [0.717, 1.165) is 42.3 Å². The Balaban J connectivity index is 1.68. The first kappa shape index (κ1) is 13.2. The van der Waals surface area contributed by atoms with Crippen LogP contribution < -0.4 is 4.74 Å². The molecule has 1 unspecified atom stereocenters. The third-order valence-electron chi connectivity index (χ3n) is 3.08. The van der Waals surface area contributed by atoms with Gasteiger partial charge in [0.15, 0.2) is 0 Å². The molecule has 94 valence electrons. The summed E-state index contributed by atoms with van der Waals surface area (Å²) in [6, 6.07) is 7.95. The van der Waals surface area contributed by atoms with Crippen LogP contribution in [-0.4, -0.2) is 37.0 Å². The van der Waals surface area contributed by atoms with Gasteiger partial charge >= 0.3 is 0 Å². The third kappa shape index (κ3) is 4.16. The Bertz CT molecular complexity index is 344. The summed E-state index contributed by atoms with van der Waals surface area (Å²) >= 11 is 9.26. The molecule has 2 nitrogen and oxygen atoms in total. The molecule has 1 aliphatic rings. The lowest BCUT2D eigenvalue weighted by Gasteiger charge is -2.15. The Morgan fingerprint density at radius 3 is 2.76 bits per heavy atom. The highest BCUT2D eigenvalue weighted by Crippen LogP contribution is 2.18. The Morgan fingerprint density at radius 2 is 2.12 bits per heavy atom. The minimum absolute atomic E-state index is 0.671. The number of nitrogens with zero attached hydrogens (tertiary/aromatic N) is 1. The minimum atomic E-state index is 0.671. The van der Waals surface area contributed by atoms with Crippen LogP contribution in [0, 0.1) is 5.92 Å². The highest BCUT2D eigenvalue weighted by molar-refractivity contribution is 9.10. The second-order valence-electron chi connectivity index (χ2n) is 4.41. The van der Waals surface area contributed by atoms with Crippen LogP contribution in [0.2, 0.25) is 0 Å². The van der Waals surface area contributed by atoms with Crippen molar-refractivity contribution < 1.29 is 4.74 Å². The zero-order valence-electron chi connectivity index (χ0n) is 9.74. The maximum Gasteiger partial charge on any atom is 0.119 e. The van der Waals surface area contributed by atoms with Crippen molar-refractivity contribution in [3.05, 3.63) is 28.7 Å². The molecule has 0 saturated carbocycles. The van der Waals surface area contributed by atoms with Gasteiger partial charge < -0.3 is 4.74 Å². The van der Waals surface area contributed by atoms with Gasteiger partial charge in [0, 0.05) is 23.4 Å². The van der Waals surface area contributed by atoms with Crippen LogP contribution in [-0.2, 0) is 0 Å². The molecule has 0 aromatic heterocycles. The van der Waals surface area contributed by atoms with Gasteiger partial charge in [-0.1, -0.05) is 15.9 Å². The van der Waals surface area contributed by atoms with Gasteiger partial charge in [0.2, 0.25) is 0 Å². The smallest absolute Gasteiger partial charge is 0.119 e. The summed E-state index contributed by atoms with van der Waals surface area (Å²) in [6.45, 7) is 4.01. The van der Waals surface area contributed by atoms with Crippen LogP contribution in [0.4, 0.5) is 0 Å². The highest BCUT2D eigenvalue weighted by Gasteiger charge is 2.20. The number of hydrogen-bond donors (Lipinski definition) is 0. The third-order valence-corrected chi connectivity index (χ3v) is 4.04. The van der Waals surface area contributed by atoms with E-state index >= 15 is 0 Å². The first-order valence-electron chi connectivity index (χ1n) is 5.94. The van der Waals surface area contributed by atoms with Crippen molar-refractivity contribution in [1.29, 1.82) is 0 Å². The fraction of sp³-hybridized carbons (Fsp3) is 0.538. The normalized spacial score (nSPS) is 20.7. The molecule has 1 aliphatic heterocycles. The fourth-order valence-electron chi connectivity index (χ4n) is 2.07. The van der Waals surface area contributed by atoms with E-state index in [2.05, 4.69) is 20.8 Å². The molecule has 1 aromatic carbocycles. The highest BCUT2D eigenvalue weighted by atomic mass is 79.9. The Kier molecular flexibility index (Phi) is 5.14. The van der Waals surface area contributed by atoms with E-state index in [0.29, 0.717) is 5.92 Å². The molecule has 0 aliphatic carbocycles. The first-order chi connectivity index (χ1) is 8.28. The standard InChI is InChI=1S/C13H17BrClNO/c14-12-1-3-13(4-2-12)17-8-7-16-6-5-11(9-15)10-16/h1-4,11H,5-10H2. The van der Waals surface area contributed by atoms with Gasteiger partial charge in [-0.05, 0) is 43.1 Å². The molecular formula is C13H17BrClNO. The Hall–Kier alpha value is -0.250. The van der Waals surface area contributed by atoms with Crippen LogP contribution in [0.5, 0.6) is 5.75 Å². The largest absolute Gasteiger partial charge is 0.492 e. The van der Waals surface area contributed by atoms with Crippen molar-refractivity contribution in [3.8, 4) is 5.75 Å². The zero-order valence-corrected chi connectivity index (χ0v) is 12.1. The average Bonchev–Trinajstić information content (AvgIpc) is 2.80. The van der Waals surface area contributed by atoms with E-state index in [1.54, 1.807) is 0 Å². The molecule has 0 N–H and O–H groups in total. The molecule has 0 spiro atoms. The van der Waals surface area contributed by atoms with Crippen LogP contribution in [0.15, 0.2) is 28.7 Å². The molecule has 1 aromatic rings. The molecule has 1 saturated heterocycles. The summed E-state index contributed by atoms with van der Waals surface area (Å²) in [7, 11) is 0. The predicted molar refractivity (Wildman–Crippen MR) is 74.9 cm³/mol. The SMILES string of the molecule is ClCC1CCN(CCOc2ccc(Br)cc2)C1. The van der Waals surface area contributed by atoms with E-state index in [9.17, 15) is 0 Å². The van der Waals surface area contributed by atoms with Crippen molar-refractivity contribution in [2.24, 2.45) is 5.92 Å². The number of benzene rings is 1. The fourth-order valence-corrected chi connectivity index (χ4v) is 2.58. The maximum absolute atomic E-state index is 5.86. The van der Waals surface area contributed by atoms with Gasteiger partial charge in [-0.15, -0.1) is 11.6 Å². The summed E-state index contributed by atoms with van der Waals surface area (Å²) < 4.78 is 6.77. The lowest BCUT2D eigenvalue weighted by molar-refractivity contribution is 0.234. The topological polar surface area (TPSA) is 12.5 Å². The van der Waals surface area contributed by atoms with Crippen molar-refractivity contribution >= 4 is 27.5 Å². The van der Waals surface area contributed by atoms with Crippen LogP contribution in [0.3, 0.4) is 0 Å². The van der Waals surface area contributed by atoms with E-state index in [1.807, 2.05) is 24.3 Å². The average molecular weight is 319 g/mol. The molecule has 2 rings (SSSR count). The minimum Gasteiger partial charge on any atom is -0.492 e. The van der Waals surface area contributed by atoms with Crippen molar-refractivity contribution in [3.63, 3.8) is 0 Å². The van der Waals surface area contributed by atoms with E-state index < -0.39 is 0 Å². The van der Waals surface area contributed by atoms with E-state index in [-0.39, 0.29) is 0 Å². The lowest BCUT2D eigenvalue weighted by Crippen LogP contribution is -2.26. The quantitative estimate of drug-likeness (QED) is 0.772. The lowest BCUT2D eigenvalue weighted by atomic mass is 10.2. The molecule has 4 heteroatoms. The first-order valence-corrected chi connectivity index (χ1v) is 7.27. The number of hydrogen-bond acceptors (Lipinski definition) is 2. The molecule has 17 heavy (non-hydrogen) atoms. The monoisotopic (exact) mass is 317 g/mol. The second kappa shape index (κ2) is 6.62. The number of ether oxygens (including phenoxy) is 1. The van der Waals surface area contributed by atoms with Gasteiger partial charge in [-0.3, -0.25) is 4.90 Å². The number of likely N-dealkylation sites (tertiary alicyclic amines) is 1. The summed E-state index contributed by atoms with van der Waals surface area (Å²) in [5, 5.41) is 0. The van der Waals surface area contributed by atoms with Gasteiger partial charge in [0.25, 0.3) is 0 Å². The van der Waals surface area contributed by atoms with Crippen LogP contribution in [0.1, 0.15) is 6.42 Å². The molecule has 1 atom stereocenters. The van der Waals surface area contributed by atoms with E-state index in [1.165, 1.54) is 6.42 Å². The summed E-state index contributed by atoms with van der Waals surface area (Å²) in [4.78, 5) is 2.42. The maximum atomic E-state index is 5.86. The van der Waals surface area contributed by atoms with Crippen LogP contribution >= 0.6 is 27.5 Å². The molecule has 0 bridgehead atoms. The van der Waals surface area contributed by atoms with Crippen molar-refractivity contribution in [2.45, 2.75) is 6.42 Å². The molecule has 1 heterocycles. The summed E-state index contributed by atoms with van der Waals surface area (Å²) in [5.41, 5.74) is 0. The second-order valence-corrected chi connectivity index (χ2v) is 5.64. The summed E-state index contributed by atoms with van der Waals surface area (Å²) in [6.07, 6.45) is 1.22. The van der Waals surface area contributed by atoms with Gasteiger partial charge in [0.1, 0.15) is 12.4 Å². The van der Waals surface area contributed by atoms with Gasteiger partial charge in [-0.25, -0.2) is 0 Å². The number of alkyl halides is 1. The van der Waals surface area contributed by atoms with E-state index in [4.69, 9.17) is 16.3 Å². The Morgan fingerprint density at radius 1 is 1.35 bits per heavy atom. The molecule has 0 radical (unpaired) electrons. The molecule has 1 fully saturated rings. The van der Waals surface area contributed by atoms with Crippen LogP contribution in [0.25, 0.3) is 0 Å². The van der Waals surface area contributed by atoms with Gasteiger partial charge in [-0.2, -0.15) is 0 Å². The predicted octanol–water partition coefficient (Wildman–Crippen LogP) is 3.39. The summed E-state index contributed by atoms with van der Waals surface area (Å²) in [5.74, 6) is 2.38. The van der Waals surface area contributed by atoms with Crippen molar-refractivity contribution in [1.82, 2.24) is 4.90 Å². The molecular weight excluding hydrogens is 302 g/mol. The number of halogens is 2. The van der Waals surface area contributed by atoms with Crippen molar-refractivity contribution in [2.75, 3.05) is 32.1 Å².